The van der Waals surface area contributed by atoms with E-state index in [4.69, 9.17) is 0 Å². The fourth-order valence-electron chi connectivity index (χ4n) is 3.63. The molecule has 0 bridgehead atoms. The maximum atomic E-state index is 9.97. The third-order valence-corrected chi connectivity index (χ3v) is 5.36. The van der Waals surface area contributed by atoms with Crippen LogP contribution < -0.4 is 0 Å². The van der Waals surface area contributed by atoms with Gasteiger partial charge in [0.2, 0.25) is 0 Å². The topological polar surface area (TPSA) is 38.0 Å². The predicted octanol–water partition coefficient (Wildman–Crippen LogP) is 4.22. The highest BCUT2D eigenvalue weighted by atomic mass is 16.3. The van der Waals surface area contributed by atoms with Crippen LogP contribution in [0.1, 0.15) is 72.0 Å². The summed E-state index contributed by atoms with van der Waals surface area (Å²) in [4.78, 5) is 0. The molecule has 21 heavy (non-hydrogen) atoms. The molecule has 0 aromatic carbocycles. The standard InChI is InChI=1S/C18H32N2O/c1-14(2)20-11-8-16(19-20)12-18(13-21)9-6-15(7-10-18)17(3,4)5/h8,11,14-15,21H,6-7,9-10,12-13H2,1-5H3. The molecular weight excluding hydrogens is 260 g/mol. The van der Waals surface area contributed by atoms with Gasteiger partial charge < -0.3 is 5.11 Å². The van der Waals surface area contributed by atoms with E-state index in [0.717, 1.165) is 30.9 Å². The van der Waals surface area contributed by atoms with Crippen LogP contribution in [-0.2, 0) is 6.42 Å². The van der Waals surface area contributed by atoms with E-state index in [9.17, 15) is 5.11 Å². The van der Waals surface area contributed by atoms with E-state index >= 15 is 0 Å². The quantitative estimate of drug-likeness (QED) is 0.902. The molecule has 0 aliphatic heterocycles. The molecular formula is C18H32N2O. The highest BCUT2D eigenvalue weighted by Crippen LogP contribution is 2.46. The Labute approximate surface area is 129 Å². The summed E-state index contributed by atoms with van der Waals surface area (Å²) in [6.07, 6.45) is 7.69. The molecule has 1 aromatic rings. The van der Waals surface area contributed by atoms with Crippen molar-refractivity contribution in [3.8, 4) is 0 Å². The Hall–Kier alpha value is -0.830. The summed E-state index contributed by atoms with van der Waals surface area (Å²) >= 11 is 0. The predicted molar refractivity (Wildman–Crippen MR) is 87.2 cm³/mol. The summed E-state index contributed by atoms with van der Waals surface area (Å²) in [5.41, 5.74) is 1.57. The number of hydrogen-bond acceptors (Lipinski definition) is 2. The highest BCUT2D eigenvalue weighted by Gasteiger charge is 2.38. The highest BCUT2D eigenvalue weighted by molar-refractivity contribution is 5.05. The van der Waals surface area contributed by atoms with Crippen LogP contribution in [0.5, 0.6) is 0 Å². The fourth-order valence-corrected chi connectivity index (χ4v) is 3.63. The van der Waals surface area contributed by atoms with E-state index in [-0.39, 0.29) is 5.41 Å². The summed E-state index contributed by atoms with van der Waals surface area (Å²) < 4.78 is 2.02. The lowest BCUT2D eigenvalue weighted by molar-refractivity contribution is 0.0361. The minimum absolute atomic E-state index is 0.0535. The molecule has 2 rings (SSSR count). The molecule has 120 valence electrons. The minimum Gasteiger partial charge on any atom is -0.396 e. The van der Waals surface area contributed by atoms with E-state index in [0.29, 0.717) is 18.1 Å². The second kappa shape index (κ2) is 6.12. The molecule has 3 nitrogen and oxygen atoms in total. The van der Waals surface area contributed by atoms with Crippen molar-refractivity contribution in [1.82, 2.24) is 9.78 Å². The molecule has 1 heterocycles. The fraction of sp³-hybridized carbons (Fsp3) is 0.833. The molecule has 0 spiro atoms. The zero-order valence-electron chi connectivity index (χ0n) is 14.4. The average Bonchev–Trinajstić information content (AvgIpc) is 2.87. The van der Waals surface area contributed by atoms with Gasteiger partial charge in [-0.1, -0.05) is 20.8 Å². The number of hydrogen-bond donors (Lipinski definition) is 1. The van der Waals surface area contributed by atoms with Gasteiger partial charge in [0.15, 0.2) is 0 Å². The van der Waals surface area contributed by atoms with Gasteiger partial charge in [-0.15, -0.1) is 0 Å². The van der Waals surface area contributed by atoms with Gasteiger partial charge in [-0.25, -0.2) is 0 Å². The molecule has 1 aliphatic carbocycles. The van der Waals surface area contributed by atoms with Crippen LogP contribution in [0.4, 0.5) is 0 Å². The summed E-state index contributed by atoms with van der Waals surface area (Å²) in [5, 5.41) is 14.6. The molecule has 0 atom stereocenters. The van der Waals surface area contributed by atoms with Gasteiger partial charge in [-0.3, -0.25) is 4.68 Å². The molecule has 1 aliphatic rings. The first-order valence-corrected chi connectivity index (χ1v) is 8.41. The average molecular weight is 292 g/mol. The number of aromatic nitrogens is 2. The zero-order chi connectivity index (χ0) is 15.7. The lowest BCUT2D eigenvalue weighted by atomic mass is 9.63. The van der Waals surface area contributed by atoms with Crippen molar-refractivity contribution in [2.24, 2.45) is 16.7 Å². The molecule has 3 heteroatoms. The third-order valence-electron chi connectivity index (χ3n) is 5.36. The molecule has 1 saturated carbocycles. The lowest BCUT2D eigenvalue weighted by Gasteiger charge is -2.43. The summed E-state index contributed by atoms with van der Waals surface area (Å²) in [5.74, 6) is 0.783. The Balaban J connectivity index is 2.03. The van der Waals surface area contributed by atoms with Crippen molar-refractivity contribution < 1.29 is 5.11 Å². The van der Waals surface area contributed by atoms with Crippen LogP contribution in [0.15, 0.2) is 12.3 Å². The summed E-state index contributed by atoms with van der Waals surface area (Å²) in [6.45, 7) is 11.6. The Bertz CT molecular complexity index is 448. The monoisotopic (exact) mass is 292 g/mol. The Kier molecular flexibility index (Phi) is 4.82. The van der Waals surface area contributed by atoms with Crippen LogP contribution in [0.3, 0.4) is 0 Å². The van der Waals surface area contributed by atoms with E-state index in [1.165, 1.54) is 12.8 Å². The molecule has 1 N–H and O–H groups in total. The first kappa shape index (κ1) is 16.5. The second-order valence-electron chi connectivity index (χ2n) is 8.36. The van der Waals surface area contributed by atoms with Gasteiger partial charge in [-0.05, 0) is 68.8 Å². The van der Waals surface area contributed by atoms with Crippen molar-refractivity contribution in [3.05, 3.63) is 18.0 Å². The molecule has 0 radical (unpaired) electrons. The summed E-state index contributed by atoms with van der Waals surface area (Å²) in [6, 6.07) is 2.52. The van der Waals surface area contributed by atoms with E-state index < -0.39 is 0 Å². The van der Waals surface area contributed by atoms with Crippen molar-refractivity contribution >= 4 is 0 Å². The SMILES string of the molecule is CC(C)n1ccc(CC2(CO)CCC(C(C)(C)C)CC2)n1. The molecule has 0 unspecified atom stereocenters. The minimum atomic E-state index is 0.0535. The number of nitrogens with zero attached hydrogens (tertiary/aromatic N) is 2. The van der Waals surface area contributed by atoms with Crippen molar-refractivity contribution in [3.63, 3.8) is 0 Å². The number of aliphatic hydroxyl groups excluding tert-OH is 1. The lowest BCUT2D eigenvalue weighted by Crippen LogP contribution is -2.36. The summed E-state index contributed by atoms with van der Waals surface area (Å²) in [7, 11) is 0. The van der Waals surface area contributed by atoms with Gasteiger partial charge >= 0.3 is 0 Å². The smallest absolute Gasteiger partial charge is 0.0631 e. The van der Waals surface area contributed by atoms with E-state index in [1.807, 2.05) is 4.68 Å². The van der Waals surface area contributed by atoms with Gasteiger partial charge in [0, 0.05) is 18.8 Å². The maximum Gasteiger partial charge on any atom is 0.0631 e. The third kappa shape index (κ3) is 3.88. The largest absolute Gasteiger partial charge is 0.396 e. The molecule has 1 fully saturated rings. The first-order valence-electron chi connectivity index (χ1n) is 8.41. The molecule has 0 saturated heterocycles. The molecule has 1 aromatic heterocycles. The van der Waals surface area contributed by atoms with Crippen LogP contribution in [0.25, 0.3) is 0 Å². The van der Waals surface area contributed by atoms with Crippen molar-refractivity contribution in [2.75, 3.05) is 6.61 Å². The number of rotatable bonds is 4. The number of aliphatic hydroxyl groups is 1. The van der Waals surface area contributed by atoms with Gasteiger partial charge in [-0.2, -0.15) is 5.10 Å². The molecule has 0 amide bonds. The van der Waals surface area contributed by atoms with Crippen molar-refractivity contribution in [2.45, 2.75) is 72.8 Å². The van der Waals surface area contributed by atoms with E-state index in [2.05, 4.69) is 52.0 Å². The van der Waals surface area contributed by atoms with E-state index in [1.54, 1.807) is 0 Å². The van der Waals surface area contributed by atoms with Crippen LogP contribution in [0, 0.1) is 16.7 Å². The van der Waals surface area contributed by atoms with Crippen LogP contribution >= 0.6 is 0 Å². The maximum absolute atomic E-state index is 9.97. The first-order chi connectivity index (χ1) is 9.76. The Morgan fingerprint density at radius 3 is 2.38 bits per heavy atom. The van der Waals surface area contributed by atoms with Gasteiger partial charge in [0.25, 0.3) is 0 Å². The second-order valence-corrected chi connectivity index (χ2v) is 8.36. The Morgan fingerprint density at radius 2 is 1.95 bits per heavy atom. The zero-order valence-corrected chi connectivity index (χ0v) is 14.4. The van der Waals surface area contributed by atoms with Crippen LogP contribution in [0.2, 0.25) is 0 Å². The van der Waals surface area contributed by atoms with Gasteiger partial charge in [0.05, 0.1) is 5.69 Å². The van der Waals surface area contributed by atoms with Crippen molar-refractivity contribution in [1.29, 1.82) is 0 Å². The van der Waals surface area contributed by atoms with Crippen LogP contribution in [-0.4, -0.2) is 21.5 Å². The normalized spacial score (nSPS) is 27.3. The van der Waals surface area contributed by atoms with Gasteiger partial charge in [0.1, 0.15) is 0 Å². The Morgan fingerprint density at radius 1 is 1.33 bits per heavy atom.